The first-order chi connectivity index (χ1) is 15.6. The average molecular weight is 434 g/mol. The molecule has 3 aromatic rings. The summed E-state index contributed by atoms with van der Waals surface area (Å²) >= 11 is 0. The van der Waals surface area contributed by atoms with Crippen molar-refractivity contribution in [3.63, 3.8) is 0 Å². The van der Waals surface area contributed by atoms with Gasteiger partial charge in [-0.3, -0.25) is 10.1 Å². The molecule has 2 aliphatic heterocycles. The van der Waals surface area contributed by atoms with Crippen molar-refractivity contribution in [3.05, 3.63) is 93.9 Å². The molecule has 0 fully saturated rings. The number of para-hydroxylation sites is 1. The van der Waals surface area contributed by atoms with E-state index in [-0.39, 0.29) is 18.2 Å². The van der Waals surface area contributed by atoms with E-state index >= 15 is 0 Å². The molecule has 1 unspecified atom stereocenters. The monoisotopic (exact) mass is 434 g/mol. The summed E-state index contributed by atoms with van der Waals surface area (Å²) in [5.74, 6) is -1.21. The lowest BCUT2D eigenvalue weighted by Gasteiger charge is -2.37. The SMILES string of the molecule is COCC1CC=CO[C@]12O[C@H](OCc1ccc([N+](=O)[O-])cc1)c1cc3ccccc3nc12. The van der Waals surface area contributed by atoms with Crippen molar-refractivity contribution in [1.29, 1.82) is 0 Å². The van der Waals surface area contributed by atoms with E-state index in [0.29, 0.717) is 12.3 Å². The quantitative estimate of drug-likeness (QED) is 0.409. The Balaban J connectivity index is 1.50. The summed E-state index contributed by atoms with van der Waals surface area (Å²) < 4.78 is 24.1. The molecular weight excluding hydrogens is 412 g/mol. The molecule has 8 nitrogen and oxygen atoms in total. The third kappa shape index (κ3) is 3.52. The summed E-state index contributed by atoms with van der Waals surface area (Å²) in [4.78, 5) is 15.4. The number of hydrogen-bond acceptors (Lipinski definition) is 7. The fourth-order valence-electron chi connectivity index (χ4n) is 4.25. The number of benzene rings is 2. The highest BCUT2D eigenvalue weighted by atomic mass is 16.8. The number of rotatable bonds is 6. The fraction of sp³-hybridized carbons (Fsp3) is 0.292. The average Bonchev–Trinajstić information content (AvgIpc) is 3.11. The van der Waals surface area contributed by atoms with Crippen LogP contribution < -0.4 is 0 Å². The van der Waals surface area contributed by atoms with Crippen LogP contribution in [0.2, 0.25) is 0 Å². The second-order valence-electron chi connectivity index (χ2n) is 7.85. The molecule has 2 aliphatic rings. The molecule has 32 heavy (non-hydrogen) atoms. The van der Waals surface area contributed by atoms with Gasteiger partial charge in [0.15, 0.2) is 6.29 Å². The predicted molar refractivity (Wildman–Crippen MR) is 115 cm³/mol. The van der Waals surface area contributed by atoms with E-state index in [9.17, 15) is 10.1 Å². The summed E-state index contributed by atoms with van der Waals surface area (Å²) in [6.07, 6.45) is 3.61. The van der Waals surface area contributed by atoms with E-state index in [0.717, 1.165) is 28.5 Å². The summed E-state index contributed by atoms with van der Waals surface area (Å²) in [5, 5.41) is 11.9. The van der Waals surface area contributed by atoms with Crippen molar-refractivity contribution >= 4 is 16.6 Å². The lowest BCUT2D eigenvalue weighted by molar-refractivity contribution is -0.384. The normalized spacial score (nSPS) is 23.9. The number of pyridine rings is 1. The zero-order chi connectivity index (χ0) is 22.1. The largest absolute Gasteiger partial charge is 0.464 e. The Labute approximate surface area is 184 Å². The lowest BCUT2D eigenvalue weighted by atomic mass is 9.90. The Kier molecular flexibility index (Phi) is 5.34. The minimum atomic E-state index is -1.11. The number of methoxy groups -OCH3 is 1. The van der Waals surface area contributed by atoms with Crippen molar-refractivity contribution in [2.45, 2.75) is 25.1 Å². The Morgan fingerprint density at radius 1 is 1.22 bits per heavy atom. The van der Waals surface area contributed by atoms with Crippen LogP contribution in [0.1, 0.15) is 29.5 Å². The molecule has 0 amide bonds. The van der Waals surface area contributed by atoms with Crippen molar-refractivity contribution in [2.75, 3.05) is 13.7 Å². The van der Waals surface area contributed by atoms with Crippen molar-refractivity contribution in [3.8, 4) is 0 Å². The molecule has 164 valence electrons. The zero-order valence-corrected chi connectivity index (χ0v) is 17.5. The van der Waals surface area contributed by atoms with Gasteiger partial charge in [-0.1, -0.05) is 18.2 Å². The molecule has 0 saturated heterocycles. The van der Waals surface area contributed by atoms with Crippen LogP contribution in [0.15, 0.2) is 66.9 Å². The molecular formula is C24H22N2O6. The topological polar surface area (TPSA) is 93.0 Å². The number of allylic oxidation sites excluding steroid dienone is 1. The number of non-ortho nitro benzene ring substituents is 1. The van der Waals surface area contributed by atoms with E-state index in [4.69, 9.17) is 23.9 Å². The van der Waals surface area contributed by atoms with E-state index < -0.39 is 17.0 Å². The maximum Gasteiger partial charge on any atom is 0.269 e. The summed E-state index contributed by atoms with van der Waals surface area (Å²) in [5.41, 5.74) is 3.18. The maximum atomic E-state index is 10.9. The van der Waals surface area contributed by atoms with Crippen LogP contribution in [0, 0.1) is 16.0 Å². The van der Waals surface area contributed by atoms with Gasteiger partial charge in [0.25, 0.3) is 11.5 Å². The minimum absolute atomic E-state index is 0.0376. The van der Waals surface area contributed by atoms with Gasteiger partial charge in [0.1, 0.15) is 5.69 Å². The Morgan fingerprint density at radius 2 is 2.03 bits per heavy atom. The molecule has 8 heteroatoms. The van der Waals surface area contributed by atoms with E-state index in [1.807, 2.05) is 36.4 Å². The first kappa shape index (κ1) is 20.6. The van der Waals surface area contributed by atoms with Crippen molar-refractivity contribution < 1.29 is 23.9 Å². The molecule has 0 saturated carbocycles. The van der Waals surface area contributed by atoms with E-state index in [2.05, 4.69) is 0 Å². The third-order valence-corrected chi connectivity index (χ3v) is 5.83. The van der Waals surface area contributed by atoms with Gasteiger partial charge in [-0.25, -0.2) is 4.98 Å². The van der Waals surface area contributed by atoms with Crippen LogP contribution in [0.4, 0.5) is 5.69 Å². The molecule has 5 rings (SSSR count). The van der Waals surface area contributed by atoms with Crippen LogP contribution >= 0.6 is 0 Å². The Morgan fingerprint density at radius 3 is 2.81 bits per heavy atom. The standard InChI is InChI=1S/C24H22N2O6/c1-29-15-18-6-4-12-31-24(18)22-20(13-17-5-2-3-7-21(17)25-22)23(32-24)30-14-16-8-10-19(11-9-16)26(27)28/h2-5,7-13,18,23H,6,14-15H2,1H3/t18?,23-,24-/m0/s1. The molecule has 1 aromatic heterocycles. The molecule has 3 heterocycles. The van der Waals surface area contributed by atoms with Crippen LogP contribution in [-0.2, 0) is 31.3 Å². The highest BCUT2D eigenvalue weighted by Gasteiger charge is 2.55. The molecule has 0 bridgehead atoms. The summed E-state index contributed by atoms with van der Waals surface area (Å²) in [7, 11) is 1.65. The fourth-order valence-corrected chi connectivity index (χ4v) is 4.25. The Bertz CT molecular complexity index is 1180. The molecule has 3 atom stereocenters. The molecule has 2 aromatic carbocycles. The van der Waals surface area contributed by atoms with Gasteiger partial charge < -0.3 is 18.9 Å². The van der Waals surface area contributed by atoms with Crippen LogP contribution in [-0.4, -0.2) is 23.6 Å². The second kappa shape index (κ2) is 8.31. The number of aromatic nitrogens is 1. The van der Waals surface area contributed by atoms with Crippen LogP contribution in [0.25, 0.3) is 10.9 Å². The van der Waals surface area contributed by atoms with Gasteiger partial charge in [0.05, 0.1) is 35.8 Å². The van der Waals surface area contributed by atoms with Gasteiger partial charge in [0.2, 0.25) is 0 Å². The number of fused-ring (bicyclic) bond motifs is 3. The second-order valence-corrected chi connectivity index (χ2v) is 7.85. The van der Waals surface area contributed by atoms with E-state index in [1.165, 1.54) is 12.1 Å². The number of nitro benzene ring substituents is 1. The van der Waals surface area contributed by atoms with Crippen LogP contribution in [0.5, 0.6) is 0 Å². The predicted octanol–water partition coefficient (Wildman–Crippen LogP) is 4.74. The zero-order valence-electron chi connectivity index (χ0n) is 17.5. The summed E-state index contributed by atoms with van der Waals surface area (Å²) in [6, 6.07) is 16.2. The number of ether oxygens (including phenoxy) is 4. The number of hydrogen-bond donors (Lipinski definition) is 0. The third-order valence-electron chi connectivity index (χ3n) is 5.83. The van der Waals surface area contributed by atoms with Crippen LogP contribution in [0.3, 0.4) is 0 Å². The smallest absolute Gasteiger partial charge is 0.269 e. The van der Waals surface area contributed by atoms with Gasteiger partial charge >= 0.3 is 0 Å². The Hall–Kier alpha value is -3.33. The van der Waals surface area contributed by atoms with E-state index in [1.54, 1.807) is 25.5 Å². The van der Waals surface area contributed by atoms with Gasteiger partial charge in [-0.2, -0.15) is 0 Å². The highest BCUT2D eigenvalue weighted by molar-refractivity contribution is 5.79. The first-order valence-corrected chi connectivity index (χ1v) is 10.4. The highest BCUT2D eigenvalue weighted by Crippen LogP contribution is 2.51. The number of nitrogens with zero attached hydrogens (tertiary/aromatic N) is 2. The van der Waals surface area contributed by atoms with Gasteiger partial charge in [-0.05, 0) is 42.3 Å². The lowest BCUT2D eigenvalue weighted by Crippen LogP contribution is -2.41. The molecule has 0 N–H and O–H groups in total. The van der Waals surface area contributed by atoms with Crippen molar-refractivity contribution in [1.82, 2.24) is 4.98 Å². The molecule has 0 radical (unpaired) electrons. The summed E-state index contributed by atoms with van der Waals surface area (Å²) in [6.45, 7) is 0.656. The molecule has 0 aliphatic carbocycles. The van der Waals surface area contributed by atoms with Gasteiger partial charge in [0, 0.05) is 30.2 Å². The molecule has 1 spiro atoms. The number of nitro groups is 1. The van der Waals surface area contributed by atoms with Crippen molar-refractivity contribution in [2.24, 2.45) is 5.92 Å². The first-order valence-electron chi connectivity index (χ1n) is 10.4. The van der Waals surface area contributed by atoms with Gasteiger partial charge in [-0.15, -0.1) is 0 Å². The minimum Gasteiger partial charge on any atom is -0.464 e. The maximum absolute atomic E-state index is 10.9.